The predicted molar refractivity (Wildman–Crippen MR) is 111 cm³/mol. The van der Waals surface area contributed by atoms with Gasteiger partial charge in [-0.15, -0.1) is 11.8 Å². The molecule has 26 heavy (non-hydrogen) atoms. The Hall–Kier alpha value is -1.78. The van der Waals surface area contributed by atoms with Gasteiger partial charge in [0.05, 0.1) is 5.69 Å². The van der Waals surface area contributed by atoms with E-state index in [1.165, 1.54) is 44.3 Å². The normalized spacial score (nSPS) is 15.4. The quantitative estimate of drug-likeness (QED) is 0.690. The van der Waals surface area contributed by atoms with E-state index in [1.54, 1.807) is 11.8 Å². The Morgan fingerprint density at radius 1 is 1.00 bits per heavy atom. The number of thioether (sulfide) groups is 1. The molecule has 0 unspecified atom stereocenters. The molecule has 138 valence electrons. The maximum absolute atomic E-state index is 12.6. The lowest BCUT2D eigenvalue weighted by Crippen LogP contribution is -2.24. The summed E-state index contributed by atoms with van der Waals surface area (Å²) in [7, 11) is 0. The van der Waals surface area contributed by atoms with Gasteiger partial charge in [0.15, 0.2) is 0 Å². The summed E-state index contributed by atoms with van der Waals surface area (Å²) in [4.78, 5) is 16.2. The number of para-hydroxylation sites is 1. The van der Waals surface area contributed by atoms with Crippen LogP contribution in [0.3, 0.4) is 0 Å². The molecule has 0 spiro atoms. The van der Waals surface area contributed by atoms with Gasteiger partial charge >= 0.3 is 0 Å². The Morgan fingerprint density at radius 2 is 1.69 bits per heavy atom. The summed E-state index contributed by atoms with van der Waals surface area (Å²) in [5, 5.41) is 3.05. The van der Waals surface area contributed by atoms with Gasteiger partial charge in [-0.2, -0.15) is 0 Å². The molecule has 3 rings (SSSR count). The van der Waals surface area contributed by atoms with Crippen LogP contribution in [0, 0.1) is 0 Å². The molecule has 0 saturated carbocycles. The summed E-state index contributed by atoms with van der Waals surface area (Å²) >= 11 is 1.74. The van der Waals surface area contributed by atoms with E-state index in [-0.39, 0.29) is 5.91 Å². The lowest BCUT2D eigenvalue weighted by molar-refractivity contribution is 0.102. The number of nitrogens with one attached hydrogen (secondary N) is 1. The molecule has 1 heterocycles. The Morgan fingerprint density at radius 3 is 2.38 bits per heavy atom. The minimum Gasteiger partial charge on any atom is -0.321 e. The van der Waals surface area contributed by atoms with Crippen LogP contribution in [0.2, 0.25) is 0 Å². The molecule has 2 aromatic rings. The van der Waals surface area contributed by atoms with Crippen LogP contribution < -0.4 is 5.32 Å². The van der Waals surface area contributed by atoms with Gasteiger partial charge in [-0.1, -0.05) is 44.0 Å². The topological polar surface area (TPSA) is 32.3 Å². The summed E-state index contributed by atoms with van der Waals surface area (Å²) in [5.74, 6) is 0.938. The molecule has 4 heteroatoms. The third-order valence-electron chi connectivity index (χ3n) is 4.76. The SMILES string of the molecule is CCSc1ccccc1NC(=O)c1ccc(CN2CCCCCC2)cc1. The number of amides is 1. The van der Waals surface area contributed by atoms with Gasteiger partial charge in [0.1, 0.15) is 0 Å². The van der Waals surface area contributed by atoms with Crippen molar-refractivity contribution < 1.29 is 4.79 Å². The van der Waals surface area contributed by atoms with Crippen molar-refractivity contribution in [1.29, 1.82) is 0 Å². The molecule has 0 aromatic heterocycles. The molecule has 0 bridgehead atoms. The van der Waals surface area contributed by atoms with Crippen molar-refractivity contribution in [2.75, 3.05) is 24.2 Å². The Labute approximate surface area is 161 Å². The molecule has 1 aliphatic rings. The number of anilines is 1. The van der Waals surface area contributed by atoms with Crippen LogP contribution in [-0.2, 0) is 6.54 Å². The Bertz CT molecular complexity index is 706. The van der Waals surface area contributed by atoms with Gasteiger partial charge < -0.3 is 5.32 Å². The first kappa shape index (κ1) is 19.0. The van der Waals surface area contributed by atoms with Gasteiger partial charge in [-0.25, -0.2) is 0 Å². The number of likely N-dealkylation sites (tertiary alicyclic amines) is 1. The molecule has 1 aliphatic heterocycles. The zero-order valence-electron chi connectivity index (χ0n) is 15.5. The number of hydrogen-bond acceptors (Lipinski definition) is 3. The molecular formula is C22H28N2OS. The van der Waals surface area contributed by atoms with E-state index >= 15 is 0 Å². The molecule has 0 atom stereocenters. The Balaban J connectivity index is 1.62. The highest BCUT2D eigenvalue weighted by atomic mass is 32.2. The van der Waals surface area contributed by atoms with Crippen molar-refractivity contribution >= 4 is 23.4 Å². The zero-order valence-corrected chi connectivity index (χ0v) is 16.4. The average molecular weight is 369 g/mol. The van der Waals surface area contributed by atoms with Gasteiger partial charge in [0.2, 0.25) is 0 Å². The second-order valence-electron chi connectivity index (χ2n) is 6.77. The molecular weight excluding hydrogens is 340 g/mol. The van der Waals surface area contributed by atoms with E-state index in [1.807, 2.05) is 36.4 Å². The largest absolute Gasteiger partial charge is 0.321 e. The van der Waals surface area contributed by atoms with E-state index in [0.717, 1.165) is 22.9 Å². The van der Waals surface area contributed by atoms with Crippen molar-refractivity contribution in [3.8, 4) is 0 Å². The van der Waals surface area contributed by atoms with Crippen LogP contribution in [0.4, 0.5) is 5.69 Å². The number of benzene rings is 2. The fourth-order valence-corrected chi connectivity index (χ4v) is 4.12. The first-order valence-electron chi connectivity index (χ1n) is 9.60. The van der Waals surface area contributed by atoms with Crippen LogP contribution >= 0.6 is 11.8 Å². The summed E-state index contributed by atoms with van der Waals surface area (Å²) in [5.41, 5.74) is 2.88. The van der Waals surface area contributed by atoms with Crippen molar-refractivity contribution in [2.24, 2.45) is 0 Å². The maximum atomic E-state index is 12.6. The third-order valence-corrected chi connectivity index (χ3v) is 5.71. The predicted octanol–water partition coefficient (Wildman–Crippen LogP) is 5.43. The zero-order chi connectivity index (χ0) is 18.2. The van der Waals surface area contributed by atoms with E-state index in [4.69, 9.17) is 0 Å². The van der Waals surface area contributed by atoms with Crippen LogP contribution in [-0.4, -0.2) is 29.6 Å². The first-order chi connectivity index (χ1) is 12.8. The van der Waals surface area contributed by atoms with E-state index in [2.05, 4.69) is 29.3 Å². The summed E-state index contributed by atoms with van der Waals surface area (Å²) in [6, 6.07) is 16.0. The van der Waals surface area contributed by atoms with Crippen LogP contribution in [0.25, 0.3) is 0 Å². The van der Waals surface area contributed by atoms with Crippen molar-refractivity contribution in [3.05, 3.63) is 59.7 Å². The molecule has 0 aliphatic carbocycles. The van der Waals surface area contributed by atoms with Crippen LogP contribution in [0.5, 0.6) is 0 Å². The highest BCUT2D eigenvalue weighted by molar-refractivity contribution is 7.99. The fraction of sp³-hybridized carbons (Fsp3) is 0.409. The van der Waals surface area contributed by atoms with Crippen molar-refractivity contribution in [2.45, 2.75) is 44.0 Å². The number of carbonyl (C=O) groups is 1. The first-order valence-corrected chi connectivity index (χ1v) is 10.6. The monoisotopic (exact) mass is 368 g/mol. The highest BCUT2D eigenvalue weighted by Crippen LogP contribution is 2.27. The second kappa shape index (κ2) is 9.79. The van der Waals surface area contributed by atoms with E-state index in [9.17, 15) is 4.79 Å². The molecule has 3 nitrogen and oxygen atoms in total. The number of hydrogen-bond donors (Lipinski definition) is 1. The van der Waals surface area contributed by atoms with E-state index < -0.39 is 0 Å². The highest BCUT2D eigenvalue weighted by Gasteiger charge is 2.11. The lowest BCUT2D eigenvalue weighted by Gasteiger charge is -2.19. The fourth-order valence-electron chi connectivity index (χ4n) is 3.36. The van der Waals surface area contributed by atoms with Crippen molar-refractivity contribution in [3.63, 3.8) is 0 Å². The third kappa shape index (κ3) is 5.36. The van der Waals surface area contributed by atoms with E-state index in [0.29, 0.717) is 5.56 Å². The Kier molecular flexibility index (Phi) is 7.15. The standard InChI is InChI=1S/C22H28N2OS/c1-2-26-21-10-6-5-9-20(21)23-22(25)19-13-11-18(12-14-19)17-24-15-7-3-4-8-16-24/h5-6,9-14H,2-4,7-8,15-17H2,1H3,(H,23,25). The summed E-state index contributed by atoms with van der Waals surface area (Å²) < 4.78 is 0. The molecule has 1 saturated heterocycles. The van der Waals surface area contributed by atoms with Crippen LogP contribution in [0.15, 0.2) is 53.4 Å². The summed E-state index contributed by atoms with van der Waals surface area (Å²) in [6.07, 6.45) is 5.31. The minimum atomic E-state index is -0.0459. The molecule has 1 N–H and O–H groups in total. The summed E-state index contributed by atoms with van der Waals surface area (Å²) in [6.45, 7) is 5.48. The minimum absolute atomic E-state index is 0.0459. The maximum Gasteiger partial charge on any atom is 0.255 e. The average Bonchev–Trinajstić information content (AvgIpc) is 2.93. The van der Waals surface area contributed by atoms with Crippen LogP contribution in [0.1, 0.15) is 48.5 Å². The van der Waals surface area contributed by atoms with Gasteiger partial charge in [-0.05, 0) is 61.5 Å². The second-order valence-corrected chi connectivity index (χ2v) is 8.08. The van der Waals surface area contributed by atoms with Gasteiger partial charge in [0, 0.05) is 17.0 Å². The van der Waals surface area contributed by atoms with Gasteiger partial charge in [-0.3, -0.25) is 9.69 Å². The smallest absolute Gasteiger partial charge is 0.255 e. The number of rotatable bonds is 6. The lowest BCUT2D eigenvalue weighted by atomic mass is 10.1. The van der Waals surface area contributed by atoms with Crippen molar-refractivity contribution in [1.82, 2.24) is 4.90 Å². The molecule has 1 amide bonds. The molecule has 2 aromatic carbocycles. The van der Waals surface area contributed by atoms with Gasteiger partial charge in [0.25, 0.3) is 5.91 Å². The number of nitrogens with zero attached hydrogens (tertiary/aromatic N) is 1. The molecule has 0 radical (unpaired) electrons. The molecule has 1 fully saturated rings. The number of carbonyl (C=O) groups excluding carboxylic acids is 1.